The van der Waals surface area contributed by atoms with Crippen LogP contribution in [0.1, 0.15) is 18.1 Å². The van der Waals surface area contributed by atoms with Crippen LogP contribution in [0.5, 0.6) is 5.75 Å². The molecule has 0 atom stereocenters. The zero-order chi connectivity index (χ0) is 15.5. The number of aryl methyl sites for hydroxylation is 1. The van der Waals surface area contributed by atoms with Gasteiger partial charge >= 0.3 is 0 Å². The molecule has 0 heterocycles. The van der Waals surface area contributed by atoms with Gasteiger partial charge < -0.3 is 15.4 Å². The Bertz CT molecular complexity index is 449. The van der Waals surface area contributed by atoms with Crippen molar-refractivity contribution in [3.8, 4) is 5.75 Å². The van der Waals surface area contributed by atoms with Crippen molar-refractivity contribution in [2.24, 2.45) is 4.99 Å². The number of guanidine groups is 1. The van der Waals surface area contributed by atoms with E-state index in [0.717, 1.165) is 43.5 Å². The van der Waals surface area contributed by atoms with Gasteiger partial charge in [-0.1, -0.05) is 12.1 Å². The minimum Gasteiger partial charge on any atom is -0.496 e. The number of aliphatic imine (C=N–C) groups is 1. The molecule has 1 aromatic rings. The largest absolute Gasteiger partial charge is 0.496 e. The Morgan fingerprint density at radius 1 is 1.33 bits per heavy atom. The summed E-state index contributed by atoms with van der Waals surface area (Å²) in [6.07, 6.45) is 3.05. The van der Waals surface area contributed by atoms with Gasteiger partial charge in [-0.25, -0.2) is 0 Å². The van der Waals surface area contributed by atoms with Crippen molar-refractivity contribution in [2.75, 3.05) is 38.8 Å². The number of ether oxygens (including phenoxy) is 1. The van der Waals surface area contributed by atoms with E-state index in [2.05, 4.69) is 53.9 Å². The maximum absolute atomic E-state index is 5.36. The van der Waals surface area contributed by atoms with Gasteiger partial charge in [-0.15, -0.1) is 0 Å². The summed E-state index contributed by atoms with van der Waals surface area (Å²) in [5.74, 6) is 2.89. The molecule has 0 saturated heterocycles. The molecular formula is C16H27N3OS. The Kier molecular flexibility index (Phi) is 8.74. The second kappa shape index (κ2) is 10.4. The van der Waals surface area contributed by atoms with E-state index in [1.807, 2.05) is 11.8 Å². The van der Waals surface area contributed by atoms with E-state index in [4.69, 9.17) is 4.74 Å². The maximum atomic E-state index is 5.36. The lowest BCUT2D eigenvalue weighted by atomic mass is 10.1. The average Bonchev–Trinajstić information content (AvgIpc) is 2.49. The number of hydrogen-bond donors (Lipinski definition) is 2. The molecule has 5 heteroatoms. The molecule has 118 valence electrons. The Morgan fingerprint density at radius 2 is 2.14 bits per heavy atom. The second-order valence-corrected chi connectivity index (χ2v) is 5.72. The van der Waals surface area contributed by atoms with Crippen LogP contribution in [-0.4, -0.2) is 44.7 Å². The lowest BCUT2D eigenvalue weighted by molar-refractivity contribution is 0.411. The highest BCUT2D eigenvalue weighted by Gasteiger charge is 2.01. The summed E-state index contributed by atoms with van der Waals surface area (Å²) >= 11 is 1.81. The minimum atomic E-state index is 0.842. The van der Waals surface area contributed by atoms with Gasteiger partial charge in [-0.3, -0.25) is 4.99 Å². The van der Waals surface area contributed by atoms with E-state index in [-0.39, 0.29) is 0 Å². The summed E-state index contributed by atoms with van der Waals surface area (Å²) in [5, 5.41) is 6.63. The monoisotopic (exact) mass is 309 g/mol. The molecule has 1 aromatic carbocycles. The number of nitrogens with zero attached hydrogens (tertiary/aromatic N) is 1. The first-order valence-corrected chi connectivity index (χ1v) is 8.75. The molecule has 0 bridgehead atoms. The maximum Gasteiger partial charge on any atom is 0.191 e. The number of benzene rings is 1. The number of hydrogen-bond acceptors (Lipinski definition) is 3. The molecular weight excluding hydrogens is 282 g/mol. The van der Waals surface area contributed by atoms with Crippen LogP contribution < -0.4 is 15.4 Å². The molecule has 2 N–H and O–H groups in total. The lowest BCUT2D eigenvalue weighted by Gasteiger charge is -2.12. The SMILES string of the molecule is CCNC(=NCCSC)NCCc1ccc(C)c(OC)c1. The standard InChI is InChI=1S/C16H27N3OS/c1-5-17-16(19-10-11-21-4)18-9-8-14-7-6-13(2)15(12-14)20-3/h6-7,12H,5,8-11H2,1-4H3,(H2,17,18,19). The second-order valence-electron chi connectivity index (χ2n) is 4.73. The van der Waals surface area contributed by atoms with E-state index >= 15 is 0 Å². The summed E-state index contributed by atoms with van der Waals surface area (Å²) in [5.41, 5.74) is 2.44. The van der Waals surface area contributed by atoms with Gasteiger partial charge in [-0.2, -0.15) is 11.8 Å². The Balaban J connectivity index is 2.47. The third kappa shape index (κ3) is 6.76. The van der Waals surface area contributed by atoms with Crippen molar-refractivity contribution in [2.45, 2.75) is 20.3 Å². The normalized spacial score (nSPS) is 11.3. The Morgan fingerprint density at radius 3 is 2.81 bits per heavy atom. The predicted molar refractivity (Wildman–Crippen MR) is 93.8 cm³/mol. The van der Waals surface area contributed by atoms with E-state index < -0.39 is 0 Å². The van der Waals surface area contributed by atoms with Crippen LogP contribution in [-0.2, 0) is 6.42 Å². The Hall–Kier alpha value is -1.36. The third-order valence-electron chi connectivity index (χ3n) is 3.09. The first-order chi connectivity index (χ1) is 10.2. The lowest BCUT2D eigenvalue weighted by Crippen LogP contribution is -2.38. The van der Waals surface area contributed by atoms with E-state index in [9.17, 15) is 0 Å². The molecule has 0 fully saturated rings. The quantitative estimate of drug-likeness (QED) is 0.440. The van der Waals surface area contributed by atoms with Gasteiger partial charge in [0, 0.05) is 18.8 Å². The zero-order valence-electron chi connectivity index (χ0n) is 13.5. The van der Waals surface area contributed by atoms with Crippen molar-refractivity contribution < 1.29 is 4.74 Å². The minimum absolute atomic E-state index is 0.842. The molecule has 0 aliphatic heterocycles. The molecule has 1 rings (SSSR count). The highest BCUT2D eigenvalue weighted by atomic mass is 32.2. The first-order valence-electron chi connectivity index (χ1n) is 7.35. The van der Waals surface area contributed by atoms with Gasteiger partial charge in [0.05, 0.1) is 13.7 Å². The van der Waals surface area contributed by atoms with Crippen LogP contribution in [0.3, 0.4) is 0 Å². The summed E-state index contributed by atoms with van der Waals surface area (Å²) in [6, 6.07) is 6.36. The number of thioether (sulfide) groups is 1. The van der Waals surface area contributed by atoms with Gasteiger partial charge in [0.25, 0.3) is 0 Å². The van der Waals surface area contributed by atoms with Crippen molar-refractivity contribution >= 4 is 17.7 Å². The molecule has 0 amide bonds. The molecule has 4 nitrogen and oxygen atoms in total. The molecule has 0 unspecified atom stereocenters. The summed E-state index contributed by atoms with van der Waals surface area (Å²) in [7, 11) is 1.71. The van der Waals surface area contributed by atoms with Crippen LogP contribution in [0, 0.1) is 6.92 Å². The number of nitrogens with one attached hydrogen (secondary N) is 2. The highest BCUT2D eigenvalue weighted by Crippen LogP contribution is 2.18. The molecule has 21 heavy (non-hydrogen) atoms. The molecule has 0 aliphatic rings. The van der Waals surface area contributed by atoms with Gasteiger partial charge in [0.15, 0.2) is 5.96 Å². The predicted octanol–water partition coefficient (Wildman–Crippen LogP) is 2.46. The van der Waals surface area contributed by atoms with E-state index in [1.165, 1.54) is 11.1 Å². The number of rotatable bonds is 8. The van der Waals surface area contributed by atoms with Crippen LogP contribution in [0.2, 0.25) is 0 Å². The fourth-order valence-electron chi connectivity index (χ4n) is 1.94. The van der Waals surface area contributed by atoms with Crippen molar-refractivity contribution in [3.05, 3.63) is 29.3 Å². The zero-order valence-corrected chi connectivity index (χ0v) is 14.3. The summed E-state index contributed by atoms with van der Waals surface area (Å²) < 4.78 is 5.36. The van der Waals surface area contributed by atoms with E-state index in [0.29, 0.717) is 0 Å². The fourth-order valence-corrected chi connectivity index (χ4v) is 2.21. The van der Waals surface area contributed by atoms with Gasteiger partial charge in [0.2, 0.25) is 0 Å². The molecule has 0 aromatic heterocycles. The number of methoxy groups -OCH3 is 1. The topological polar surface area (TPSA) is 45.7 Å². The smallest absolute Gasteiger partial charge is 0.191 e. The molecule has 0 radical (unpaired) electrons. The van der Waals surface area contributed by atoms with Gasteiger partial charge in [0.1, 0.15) is 5.75 Å². The van der Waals surface area contributed by atoms with Crippen molar-refractivity contribution in [3.63, 3.8) is 0 Å². The van der Waals surface area contributed by atoms with Crippen LogP contribution in [0.25, 0.3) is 0 Å². The van der Waals surface area contributed by atoms with Gasteiger partial charge in [-0.05, 0) is 43.7 Å². The van der Waals surface area contributed by atoms with Crippen molar-refractivity contribution in [1.29, 1.82) is 0 Å². The highest BCUT2D eigenvalue weighted by molar-refractivity contribution is 7.98. The first kappa shape index (κ1) is 17.7. The molecule has 0 spiro atoms. The van der Waals surface area contributed by atoms with Crippen molar-refractivity contribution in [1.82, 2.24) is 10.6 Å². The van der Waals surface area contributed by atoms with Crippen LogP contribution >= 0.6 is 11.8 Å². The average molecular weight is 309 g/mol. The molecule has 0 aliphatic carbocycles. The summed E-state index contributed by atoms with van der Waals surface area (Å²) in [6.45, 7) is 6.72. The third-order valence-corrected chi connectivity index (χ3v) is 3.68. The van der Waals surface area contributed by atoms with E-state index in [1.54, 1.807) is 7.11 Å². The Labute approximate surface area is 132 Å². The van der Waals surface area contributed by atoms with Crippen LogP contribution in [0.4, 0.5) is 0 Å². The fraction of sp³-hybridized carbons (Fsp3) is 0.562. The summed E-state index contributed by atoms with van der Waals surface area (Å²) in [4.78, 5) is 4.53. The molecule has 0 saturated carbocycles. The van der Waals surface area contributed by atoms with Crippen LogP contribution in [0.15, 0.2) is 23.2 Å².